The second-order valence-corrected chi connectivity index (χ2v) is 1.89. The normalized spacial score (nSPS) is 9.50. The molecule has 10 heavy (non-hydrogen) atoms. The van der Waals surface area contributed by atoms with Crippen LogP contribution in [-0.2, 0) is 0 Å². The van der Waals surface area contributed by atoms with Gasteiger partial charge in [-0.25, -0.2) is 9.97 Å². The Morgan fingerprint density at radius 3 is 2.70 bits per heavy atom. The number of nitrogens with one attached hydrogen (secondary N) is 1. The highest BCUT2D eigenvalue weighted by Gasteiger charge is 2.02. The zero-order valence-corrected chi connectivity index (χ0v) is 5.85. The van der Waals surface area contributed by atoms with E-state index in [0.717, 1.165) is 0 Å². The van der Waals surface area contributed by atoms with Crippen LogP contribution in [0.5, 0.6) is 0 Å². The van der Waals surface area contributed by atoms with Gasteiger partial charge in [0.2, 0.25) is 5.95 Å². The molecule has 1 N–H and O–H groups in total. The lowest BCUT2D eigenvalue weighted by molar-refractivity contribution is 0.571. The molecule has 0 aromatic carbocycles. The largest absolute Gasteiger partial charge is 0.373 e. The van der Waals surface area contributed by atoms with E-state index in [0.29, 0.717) is 11.4 Å². The Morgan fingerprint density at radius 2 is 2.20 bits per heavy atom. The average molecular weight is 141 g/mol. The fraction of sp³-hybridized carbons (Fsp3) is 0.333. The molecule has 0 bridgehead atoms. The molecular formula is C6H8FN3. The predicted molar refractivity (Wildman–Crippen MR) is 36.3 cm³/mol. The molecule has 1 aromatic heterocycles. The fourth-order valence-electron chi connectivity index (χ4n) is 0.681. The first kappa shape index (κ1) is 6.92. The van der Waals surface area contributed by atoms with Gasteiger partial charge in [0.15, 0.2) is 0 Å². The van der Waals surface area contributed by atoms with E-state index in [1.807, 2.05) is 0 Å². The molecule has 3 nitrogen and oxygen atoms in total. The van der Waals surface area contributed by atoms with E-state index in [2.05, 4.69) is 15.3 Å². The van der Waals surface area contributed by atoms with Gasteiger partial charge in [-0.2, -0.15) is 4.39 Å². The van der Waals surface area contributed by atoms with Crippen molar-refractivity contribution in [1.82, 2.24) is 9.97 Å². The van der Waals surface area contributed by atoms with Crippen LogP contribution in [0, 0.1) is 12.9 Å². The molecule has 4 heteroatoms. The molecule has 0 saturated carbocycles. The number of rotatable bonds is 1. The van der Waals surface area contributed by atoms with E-state index in [1.165, 1.54) is 6.33 Å². The summed E-state index contributed by atoms with van der Waals surface area (Å²) in [5.74, 6) is 0.0619. The molecule has 0 aliphatic carbocycles. The third-order valence-electron chi connectivity index (χ3n) is 1.26. The molecule has 0 unspecified atom stereocenters. The summed E-state index contributed by atoms with van der Waals surface area (Å²) in [5, 5.41) is 2.74. The molecule has 0 aliphatic rings. The number of aromatic nitrogens is 2. The molecule has 0 amide bonds. The first-order valence-corrected chi connectivity index (χ1v) is 2.90. The van der Waals surface area contributed by atoms with Crippen LogP contribution in [0.25, 0.3) is 0 Å². The van der Waals surface area contributed by atoms with Gasteiger partial charge in [0.25, 0.3) is 0 Å². The van der Waals surface area contributed by atoms with Gasteiger partial charge in [-0.05, 0) is 6.92 Å². The van der Waals surface area contributed by atoms with Crippen molar-refractivity contribution in [2.24, 2.45) is 0 Å². The van der Waals surface area contributed by atoms with Crippen molar-refractivity contribution >= 4 is 5.82 Å². The Kier molecular flexibility index (Phi) is 1.80. The number of hydrogen-bond donors (Lipinski definition) is 1. The minimum Gasteiger partial charge on any atom is -0.373 e. The molecule has 0 aliphatic heterocycles. The Bertz CT molecular complexity index is 236. The highest BCUT2D eigenvalue weighted by molar-refractivity contribution is 5.40. The van der Waals surface area contributed by atoms with E-state index in [9.17, 15) is 4.39 Å². The summed E-state index contributed by atoms with van der Waals surface area (Å²) < 4.78 is 12.6. The van der Waals surface area contributed by atoms with Gasteiger partial charge in [-0.15, -0.1) is 0 Å². The maximum atomic E-state index is 12.6. The van der Waals surface area contributed by atoms with Crippen molar-refractivity contribution in [3.8, 4) is 0 Å². The van der Waals surface area contributed by atoms with E-state index in [-0.39, 0.29) is 0 Å². The third-order valence-corrected chi connectivity index (χ3v) is 1.26. The van der Waals surface area contributed by atoms with Gasteiger partial charge in [0.1, 0.15) is 12.1 Å². The highest BCUT2D eigenvalue weighted by atomic mass is 19.1. The van der Waals surface area contributed by atoms with Crippen molar-refractivity contribution in [1.29, 1.82) is 0 Å². The molecule has 0 saturated heterocycles. The summed E-state index contributed by atoms with van der Waals surface area (Å²) in [7, 11) is 1.69. The van der Waals surface area contributed by atoms with E-state index in [1.54, 1.807) is 14.0 Å². The van der Waals surface area contributed by atoms with Crippen LogP contribution < -0.4 is 5.32 Å². The van der Waals surface area contributed by atoms with Gasteiger partial charge < -0.3 is 5.32 Å². The van der Waals surface area contributed by atoms with E-state index < -0.39 is 5.95 Å². The van der Waals surface area contributed by atoms with Gasteiger partial charge in [-0.1, -0.05) is 0 Å². The lowest BCUT2D eigenvalue weighted by Crippen LogP contribution is -1.99. The molecule has 0 radical (unpaired) electrons. The predicted octanol–water partition coefficient (Wildman–Crippen LogP) is 0.966. The van der Waals surface area contributed by atoms with Crippen LogP contribution in [0.1, 0.15) is 5.56 Å². The fourth-order valence-corrected chi connectivity index (χ4v) is 0.681. The summed E-state index contributed by atoms with van der Waals surface area (Å²) >= 11 is 0. The molecular weight excluding hydrogens is 133 g/mol. The van der Waals surface area contributed by atoms with Gasteiger partial charge in [0, 0.05) is 12.6 Å². The molecule has 0 atom stereocenters. The van der Waals surface area contributed by atoms with Gasteiger partial charge in [0.05, 0.1) is 0 Å². The van der Waals surface area contributed by atoms with Crippen LogP contribution in [0.3, 0.4) is 0 Å². The summed E-state index contributed by atoms with van der Waals surface area (Å²) in [5.41, 5.74) is 0.449. The number of halogens is 1. The first-order chi connectivity index (χ1) is 4.75. The lowest BCUT2D eigenvalue weighted by atomic mass is 10.3. The first-order valence-electron chi connectivity index (χ1n) is 2.90. The quantitative estimate of drug-likeness (QED) is 0.592. The monoisotopic (exact) mass is 141 g/mol. The smallest absolute Gasteiger partial charge is 0.220 e. The molecule has 0 spiro atoms. The second-order valence-electron chi connectivity index (χ2n) is 1.89. The minimum absolute atomic E-state index is 0.449. The Balaban J connectivity index is 3.14. The maximum absolute atomic E-state index is 12.6. The summed E-state index contributed by atoms with van der Waals surface area (Å²) in [6, 6.07) is 0. The van der Waals surface area contributed by atoms with Crippen LogP contribution in [-0.4, -0.2) is 17.0 Å². The lowest BCUT2D eigenvalue weighted by Gasteiger charge is -2.01. The zero-order valence-electron chi connectivity index (χ0n) is 5.85. The third kappa shape index (κ3) is 1.05. The van der Waals surface area contributed by atoms with Crippen molar-refractivity contribution < 1.29 is 4.39 Å². The number of hydrogen-bond acceptors (Lipinski definition) is 3. The Hall–Kier alpha value is -1.19. The van der Waals surface area contributed by atoms with Gasteiger partial charge in [-0.3, -0.25) is 0 Å². The second kappa shape index (κ2) is 2.60. The van der Waals surface area contributed by atoms with Crippen molar-refractivity contribution in [3.05, 3.63) is 17.8 Å². The minimum atomic E-state index is -0.473. The van der Waals surface area contributed by atoms with Crippen molar-refractivity contribution in [3.63, 3.8) is 0 Å². The van der Waals surface area contributed by atoms with E-state index in [4.69, 9.17) is 0 Å². The number of anilines is 1. The Labute approximate surface area is 58.3 Å². The topological polar surface area (TPSA) is 37.8 Å². The number of nitrogens with zero attached hydrogens (tertiary/aromatic N) is 2. The molecule has 1 rings (SSSR count). The molecule has 1 heterocycles. The Morgan fingerprint density at radius 1 is 1.50 bits per heavy atom. The standard InChI is InChI=1S/C6H8FN3/c1-4-5(7)9-3-10-6(4)8-2/h3H,1-2H3,(H,8,9,10). The summed E-state index contributed by atoms with van der Waals surface area (Å²) in [6.45, 7) is 1.63. The zero-order chi connectivity index (χ0) is 7.56. The van der Waals surface area contributed by atoms with Crippen LogP contribution in [0.4, 0.5) is 10.2 Å². The molecule has 54 valence electrons. The van der Waals surface area contributed by atoms with E-state index >= 15 is 0 Å². The van der Waals surface area contributed by atoms with Crippen molar-refractivity contribution in [2.45, 2.75) is 6.92 Å². The SMILES string of the molecule is CNc1ncnc(F)c1C. The summed E-state index contributed by atoms with van der Waals surface area (Å²) in [6.07, 6.45) is 1.19. The highest BCUT2D eigenvalue weighted by Crippen LogP contribution is 2.09. The van der Waals surface area contributed by atoms with Crippen LogP contribution in [0.2, 0.25) is 0 Å². The molecule has 1 aromatic rings. The average Bonchev–Trinajstić information content (AvgIpc) is 1.95. The van der Waals surface area contributed by atoms with Gasteiger partial charge >= 0.3 is 0 Å². The molecule has 0 fully saturated rings. The van der Waals surface area contributed by atoms with Crippen LogP contribution >= 0.6 is 0 Å². The van der Waals surface area contributed by atoms with Crippen molar-refractivity contribution in [2.75, 3.05) is 12.4 Å². The summed E-state index contributed by atoms with van der Waals surface area (Å²) in [4.78, 5) is 7.16. The van der Waals surface area contributed by atoms with Crippen LogP contribution in [0.15, 0.2) is 6.33 Å². The maximum Gasteiger partial charge on any atom is 0.220 e.